The van der Waals surface area contributed by atoms with Crippen molar-refractivity contribution in [3.05, 3.63) is 35.9 Å². The fraction of sp³-hybridized carbons (Fsp3) is 0.708. The van der Waals surface area contributed by atoms with Crippen molar-refractivity contribution in [1.82, 2.24) is 10.6 Å². The van der Waals surface area contributed by atoms with E-state index in [0.29, 0.717) is 13.0 Å². The van der Waals surface area contributed by atoms with Gasteiger partial charge < -0.3 is 15.1 Å². The van der Waals surface area contributed by atoms with Crippen LogP contribution in [0.15, 0.2) is 30.3 Å². The van der Waals surface area contributed by atoms with Gasteiger partial charge in [0.05, 0.1) is 12.6 Å². The third kappa shape index (κ3) is 9.92. The maximum absolute atomic E-state index is 12.5. The molecule has 1 aromatic rings. The fourth-order valence-electron chi connectivity index (χ4n) is 2.83. The minimum atomic E-state index is -1.87. The number of hydrogen-bond acceptors (Lipinski definition) is 3. The van der Waals surface area contributed by atoms with Crippen LogP contribution in [0.4, 0.5) is 0 Å². The standard InChI is InChI=1S/C24H44N2O2Si/c1-8-9-10-14-17-23(27)26-22(19-28-29(6,7)24(3,4)5)20(2)25-18-21-15-12-11-13-16-21/h11-13,15-16,20,22,25H,8-10,14,17-19H2,1-7H3,(H,26,27). The Morgan fingerprint density at radius 3 is 2.34 bits per heavy atom. The van der Waals surface area contributed by atoms with Gasteiger partial charge in [-0.1, -0.05) is 77.3 Å². The van der Waals surface area contributed by atoms with Crippen LogP contribution in [0.5, 0.6) is 0 Å². The molecule has 166 valence electrons. The summed E-state index contributed by atoms with van der Waals surface area (Å²) in [6, 6.07) is 10.5. The lowest BCUT2D eigenvalue weighted by molar-refractivity contribution is -0.122. The normalized spacial score (nSPS) is 14.4. The van der Waals surface area contributed by atoms with Crippen LogP contribution in [-0.4, -0.2) is 32.9 Å². The Labute approximate surface area is 180 Å². The van der Waals surface area contributed by atoms with Crippen LogP contribution in [0, 0.1) is 0 Å². The van der Waals surface area contributed by atoms with Crippen molar-refractivity contribution in [1.29, 1.82) is 0 Å². The highest BCUT2D eigenvalue weighted by Crippen LogP contribution is 2.36. The summed E-state index contributed by atoms with van der Waals surface area (Å²) in [6.45, 7) is 16.9. The van der Waals surface area contributed by atoms with Crippen LogP contribution in [0.1, 0.15) is 72.3 Å². The number of benzene rings is 1. The highest BCUT2D eigenvalue weighted by molar-refractivity contribution is 6.74. The van der Waals surface area contributed by atoms with Crippen LogP contribution in [0.3, 0.4) is 0 Å². The number of carbonyl (C=O) groups excluding carboxylic acids is 1. The third-order valence-electron chi connectivity index (χ3n) is 6.11. The van der Waals surface area contributed by atoms with Gasteiger partial charge in [0, 0.05) is 19.0 Å². The Bertz CT molecular complexity index is 584. The number of amides is 1. The van der Waals surface area contributed by atoms with Crippen LogP contribution < -0.4 is 10.6 Å². The van der Waals surface area contributed by atoms with Crippen LogP contribution in [0.2, 0.25) is 18.1 Å². The Morgan fingerprint density at radius 2 is 1.76 bits per heavy atom. The summed E-state index contributed by atoms with van der Waals surface area (Å²) >= 11 is 0. The highest BCUT2D eigenvalue weighted by Gasteiger charge is 2.38. The molecule has 1 rings (SSSR count). The molecule has 4 nitrogen and oxygen atoms in total. The predicted octanol–water partition coefficient (Wildman–Crippen LogP) is 5.64. The van der Waals surface area contributed by atoms with Gasteiger partial charge in [-0.3, -0.25) is 4.79 Å². The molecular formula is C24H44N2O2Si. The largest absolute Gasteiger partial charge is 0.415 e. The molecule has 29 heavy (non-hydrogen) atoms. The summed E-state index contributed by atoms with van der Waals surface area (Å²) < 4.78 is 6.46. The Morgan fingerprint density at radius 1 is 1.10 bits per heavy atom. The quantitative estimate of drug-likeness (QED) is 0.321. The molecule has 0 saturated heterocycles. The van der Waals surface area contributed by atoms with Gasteiger partial charge in [-0.15, -0.1) is 0 Å². The number of carbonyl (C=O) groups is 1. The maximum Gasteiger partial charge on any atom is 0.220 e. The summed E-state index contributed by atoms with van der Waals surface area (Å²) in [5, 5.41) is 6.98. The Balaban J connectivity index is 2.69. The van der Waals surface area contributed by atoms with E-state index in [-0.39, 0.29) is 23.0 Å². The molecule has 1 aromatic carbocycles. The molecule has 0 bridgehead atoms. The minimum absolute atomic E-state index is 0.0356. The first kappa shape index (κ1) is 25.9. The van der Waals surface area contributed by atoms with Crippen molar-refractivity contribution in [2.45, 2.75) is 103 Å². The number of rotatable bonds is 13. The van der Waals surface area contributed by atoms with Crippen LogP contribution >= 0.6 is 0 Å². The molecule has 5 heteroatoms. The fourth-order valence-corrected chi connectivity index (χ4v) is 3.86. The van der Waals surface area contributed by atoms with Crippen LogP contribution in [-0.2, 0) is 15.8 Å². The average molecular weight is 421 g/mol. The second-order valence-corrected chi connectivity index (χ2v) is 14.5. The molecule has 0 aliphatic rings. The van der Waals surface area contributed by atoms with E-state index in [1.165, 1.54) is 18.4 Å². The molecule has 2 unspecified atom stereocenters. The molecule has 0 spiro atoms. The summed E-state index contributed by atoms with van der Waals surface area (Å²) in [4.78, 5) is 12.5. The second-order valence-electron chi connectivity index (χ2n) is 9.71. The molecular weight excluding hydrogens is 376 g/mol. The van der Waals surface area contributed by atoms with Gasteiger partial charge in [0.2, 0.25) is 5.91 Å². The lowest BCUT2D eigenvalue weighted by Gasteiger charge is -2.38. The average Bonchev–Trinajstić information content (AvgIpc) is 2.66. The SMILES string of the molecule is CCCCCCC(=O)NC(CO[Si](C)(C)C(C)(C)C)C(C)NCc1ccccc1. The summed E-state index contributed by atoms with van der Waals surface area (Å²) in [5.41, 5.74) is 1.24. The topological polar surface area (TPSA) is 50.4 Å². The molecule has 2 N–H and O–H groups in total. The van der Waals surface area contributed by atoms with E-state index in [0.717, 1.165) is 19.4 Å². The van der Waals surface area contributed by atoms with E-state index in [1.54, 1.807) is 0 Å². The van der Waals surface area contributed by atoms with E-state index in [2.05, 4.69) is 82.6 Å². The van der Waals surface area contributed by atoms with Gasteiger partial charge in [0.1, 0.15) is 0 Å². The van der Waals surface area contributed by atoms with E-state index in [9.17, 15) is 4.79 Å². The first-order valence-corrected chi connectivity index (χ1v) is 14.2. The Hall–Kier alpha value is -1.17. The summed E-state index contributed by atoms with van der Waals surface area (Å²) in [5.74, 6) is 0.137. The lowest BCUT2D eigenvalue weighted by atomic mass is 10.1. The molecule has 0 radical (unpaired) electrons. The molecule has 0 heterocycles. The van der Waals surface area contributed by atoms with Crippen molar-refractivity contribution in [3.8, 4) is 0 Å². The zero-order valence-corrected chi connectivity index (χ0v) is 20.8. The van der Waals surface area contributed by atoms with Crippen molar-refractivity contribution < 1.29 is 9.22 Å². The van der Waals surface area contributed by atoms with E-state index in [4.69, 9.17) is 4.43 Å². The molecule has 0 fully saturated rings. The van der Waals surface area contributed by atoms with Gasteiger partial charge in [0.25, 0.3) is 0 Å². The summed E-state index contributed by atoms with van der Waals surface area (Å²) in [7, 11) is -1.87. The molecule has 1 amide bonds. The second kappa shape index (κ2) is 12.5. The molecule has 2 atom stereocenters. The van der Waals surface area contributed by atoms with Crippen LogP contribution in [0.25, 0.3) is 0 Å². The van der Waals surface area contributed by atoms with E-state index < -0.39 is 8.32 Å². The highest BCUT2D eigenvalue weighted by atomic mass is 28.4. The zero-order chi connectivity index (χ0) is 21.9. The van der Waals surface area contributed by atoms with Gasteiger partial charge in [-0.05, 0) is 37.0 Å². The van der Waals surface area contributed by atoms with Crippen molar-refractivity contribution >= 4 is 14.2 Å². The number of unbranched alkanes of at least 4 members (excludes halogenated alkanes) is 3. The van der Waals surface area contributed by atoms with Gasteiger partial charge in [-0.25, -0.2) is 0 Å². The first-order chi connectivity index (χ1) is 13.6. The maximum atomic E-state index is 12.5. The van der Waals surface area contributed by atoms with E-state index >= 15 is 0 Å². The summed E-state index contributed by atoms with van der Waals surface area (Å²) in [6.07, 6.45) is 5.06. The number of hydrogen-bond donors (Lipinski definition) is 2. The lowest BCUT2D eigenvalue weighted by Crippen LogP contribution is -2.53. The van der Waals surface area contributed by atoms with Gasteiger partial charge in [-0.2, -0.15) is 0 Å². The smallest absolute Gasteiger partial charge is 0.220 e. The molecule has 0 saturated carbocycles. The molecule has 0 aliphatic carbocycles. The number of nitrogens with one attached hydrogen (secondary N) is 2. The molecule has 0 aromatic heterocycles. The van der Waals surface area contributed by atoms with Gasteiger partial charge >= 0.3 is 0 Å². The minimum Gasteiger partial charge on any atom is -0.415 e. The third-order valence-corrected chi connectivity index (χ3v) is 10.6. The Kier molecular flexibility index (Phi) is 11.2. The predicted molar refractivity (Wildman–Crippen MR) is 127 cm³/mol. The van der Waals surface area contributed by atoms with E-state index in [1.807, 2.05) is 6.07 Å². The zero-order valence-electron chi connectivity index (χ0n) is 19.8. The first-order valence-electron chi connectivity index (χ1n) is 11.3. The van der Waals surface area contributed by atoms with Crippen molar-refractivity contribution in [2.75, 3.05) is 6.61 Å². The monoisotopic (exact) mass is 420 g/mol. The van der Waals surface area contributed by atoms with Gasteiger partial charge in [0.15, 0.2) is 8.32 Å². The van der Waals surface area contributed by atoms with Crippen molar-refractivity contribution in [3.63, 3.8) is 0 Å². The molecule has 0 aliphatic heterocycles. The van der Waals surface area contributed by atoms with Crippen molar-refractivity contribution in [2.24, 2.45) is 0 Å².